The molecule has 0 bridgehead atoms. The van der Waals surface area contributed by atoms with Crippen LogP contribution in [0.3, 0.4) is 0 Å². The van der Waals surface area contributed by atoms with E-state index < -0.39 is 23.6 Å². The molecule has 11 heteroatoms. The lowest BCUT2D eigenvalue weighted by Crippen LogP contribution is -2.32. The fourth-order valence-corrected chi connectivity index (χ4v) is 3.45. The Hall–Kier alpha value is -2.72. The molecule has 2 aromatic heterocycles. The first-order valence-electron chi connectivity index (χ1n) is 9.06. The van der Waals surface area contributed by atoms with Crippen molar-refractivity contribution in [2.75, 3.05) is 13.2 Å². The van der Waals surface area contributed by atoms with E-state index in [0.717, 1.165) is 31.0 Å². The summed E-state index contributed by atoms with van der Waals surface area (Å²) < 4.78 is 60.1. The summed E-state index contributed by atoms with van der Waals surface area (Å²) in [4.78, 5) is 16.6. The van der Waals surface area contributed by atoms with Crippen LogP contribution in [0.2, 0.25) is 5.02 Å². The van der Waals surface area contributed by atoms with E-state index in [1.54, 1.807) is 0 Å². The van der Waals surface area contributed by atoms with Crippen LogP contribution < -0.4 is 5.32 Å². The second-order valence-corrected chi connectivity index (χ2v) is 7.15. The van der Waals surface area contributed by atoms with Gasteiger partial charge in [0.1, 0.15) is 10.8 Å². The highest BCUT2D eigenvalue weighted by molar-refractivity contribution is 6.36. The molecule has 1 aromatic carbocycles. The Morgan fingerprint density at radius 3 is 2.67 bits per heavy atom. The third kappa shape index (κ3) is 3.97. The molecule has 0 radical (unpaired) electrons. The molecule has 0 aliphatic carbocycles. The van der Waals surface area contributed by atoms with Crippen LogP contribution in [0.4, 0.5) is 17.6 Å². The Kier molecular flexibility index (Phi) is 5.37. The van der Waals surface area contributed by atoms with Crippen LogP contribution in [-0.4, -0.2) is 39.8 Å². The zero-order valence-electron chi connectivity index (χ0n) is 15.3. The number of hydrogen-bond acceptors (Lipinski definition) is 4. The Morgan fingerprint density at radius 1 is 1.30 bits per heavy atom. The number of nitrogens with one attached hydrogen (secondary N) is 1. The Balaban J connectivity index is 1.76. The van der Waals surface area contributed by atoms with E-state index >= 15 is 0 Å². The van der Waals surface area contributed by atoms with E-state index in [4.69, 9.17) is 16.3 Å². The monoisotopic (exact) mass is 442 g/mol. The van der Waals surface area contributed by atoms with Gasteiger partial charge in [-0.05, 0) is 43.2 Å². The summed E-state index contributed by atoms with van der Waals surface area (Å²) >= 11 is 6.19. The van der Waals surface area contributed by atoms with Crippen molar-refractivity contribution in [2.24, 2.45) is 0 Å². The molecule has 1 fully saturated rings. The molecule has 4 rings (SSSR count). The van der Waals surface area contributed by atoms with Crippen LogP contribution in [0, 0.1) is 5.82 Å². The minimum absolute atomic E-state index is 0.0806. The van der Waals surface area contributed by atoms with Gasteiger partial charge in [0, 0.05) is 18.7 Å². The van der Waals surface area contributed by atoms with Crippen molar-refractivity contribution in [2.45, 2.75) is 25.1 Å². The maximum absolute atomic E-state index is 13.7. The summed E-state index contributed by atoms with van der Waals surface area (Å²) in [7, 11) is 0. The van der Waals surface area contributed by atoms with E-state index in [-0.39, 0.29) is 40.3 Å². The van der Waals surface area contributed by atoms with Gasteiger partial charge in [0.15, 0.2) is 17.0 Å². The number of alkyl halides is 3. The minimum atomic E-state index is -4.79. The third-order valence-corrected chi connectivity index (χ3v) is 5.04. The van der Waals surface area contributed by atoms with Gasteiger partial charge in [-0.2, -0.15) is 18.3 Å². The Morgan fingerprint density at radius 2 is 2.03 bits per heavy atom. The summed E-state index contributed by atoms with van der Waals surface area (Å²) in [6, 6.07) is 5.59. The van der Waals surface area contributed by atoms with Gasteiger partial charge in [0.05, 0.1) is 11.8 Å². The van der Waals surface area contributed by atoms with Gasteiger partial charge in [-0.1, -0.05) is 11.6 Å². The lowest BCUT2D eigenvalue weighted by Gasteiger charge is -2.11. The van der Waals surface area contributed by atoms with Crippen LogP contribution in [-0.2, 0) is 10.9 Å². The van der Waals surface area contributed by atoms with Crippen LogP contribution in [0.1, 0.15) is 29.0 Å². The highest BCUT2D eigenvalue weighted by Gasteiger charge is 2.36. The number of ether oxygens (including phenoxy) is 1. The van der Waals surface area contributed by atoms with E-state index in [1.165, 1.54) is 12.1 Å². The maximum Gasteiger partial charge on any atom is 0.433 e. The predicted molar refractivity (Wildman–Crippen MR) is 99.7 cm³/mol. The number of nitrogens with zero attached hydrogens (tertiary/aromatic N) is 3. The second-order valence-electron chi connectivity index (χ2n) is 6.77. The minimum Gasteiger partial charge on any atom is -0.376 e. The Labute approximate surface area is 172 Å². The van der Waals surface area contributed by atoms with Crippen LogP contribution in [0.25, 0.3) is 16.9 Å². The van der Waals surface area contributed by atoms with Gasteiger partial charge in [0.2, 0.25) is 0 Å². The van der Waals surface area contributed by atoms with Gasteiger partial charge in [-0.15, -0.1) is 0 Å². The summed E-state index contributed by atoms with van der Waals surface area (Å²) in [5.41, 5.74) is -1.68. The van der Waals surface area contributed by atoms with Crippen LogP contribution in [0.5, 0.6) is 0 Å². The molecule has 1 amide bonds. The van der Waals surface area contributed by atoms with Gasteiger partial charge in [-0.3, -0.25) is 4.79 Å². The number of halogens is 5. The molecule has 3 heterocycles. The molecule has 1 N–H and O–H groups in total. The number of hydrogen-bond donors (Lipinski definition) is 1. The van der Waals surface area contributed by atoms with E-state index in [9.17, 15) is 22.4 Å². The molecule has 0 spiro atoms. The van der Waals surface area contributed by atoms with E-state index in [1.807, 2.05) is 0 Å². The molecule has 6 nitrogen and oxygen atoms in total. The van der Waals surface area contributed by atoms with Gasteiger partial charge in [-0.25, -0.2) is 13.9 Å². The third-order valence-electron chi connectivity index (χ3n) is 4.69. The molecule has 1 aliphatic heterocycles. The lowest BCUT2D eigenvalue weighted by atomic mass is 10.1. The maximum atomic E-state index is 13.7. The largest absolute Gasteiger partial charge is 0.433 e. The summed E-state index contributed by atoms with van der Waals surface area (Å²) in [5.74, 6) is -1.26. The normalized spacial score (nSPS) is 16.9. The summed E-state index contributed by atoms with van der Waals surface area (Å²) in [5, 5.41) is 6.03. The average Bonchev–Trinajstić information content (AvgIpc) is 3.33. The van der Waals surface area contributed by atoms with Crippen molar-refractivity contribution in [3.63, 3.8) is 0 Å². The average molecular weight is 443 g/mol. The SMILES string of the molecule is O=C(NCC1CCCO1)c1nn2c(C(F)(F)F)cc(-c3ccc(F)cc3)nc2c1Cl. The molecule has 158 valence electrons. The second kappa shape index (κ2) is 7.84. The topological polar surface area (TPSA) is 68.5 Å². The van der Waals surface area contributed by atoms with Gasteiger partial charge >= 0.3 is 6.18 Å². The number of benzene rings is 1. The Bertz CT molecular complexity index is 1090. The fourth-order valence-electron chi connectivity index (χ4n) is 3.20. The fraction of sp³-hybridized carbons (Fsp3) is 0.316. The van der Waals surface area contributed by atoms with Gasteiger partial charge in [0.25, 0.3) is 5.91 Å². The molecule has 1 aliphatic rings. The van der Waals surface area contributed by atoms with Crippen molar-refractivity contribution in [1.29, 1.82) is 0 Å². The highest BCUT2D eigenvalue weighted by Crippen LogP contribution is 2.34. The van der Waals surface area contributed by atoms with E-state index in [0.29, 0.717) is 11.1 Å². The molecule has 30 heavy (non-hydrogen) atoms. The number of amides is 1. The number of carbonyl (C=O) groups excluding carboxylic acids is 1. The predicted octanol–water partition coefficient (Wildman–Crippen LogP) is 4.12. The number of rotatable bonds is 4. The quantitative estimate of drug-likeness (QED) is 0.617. The smallest absolute Gasteiger partial charge is 0.376 e. The molecule has 1 saturated heterocycles. The first-order chi connectivity index (χ1) is 14.2. The molecular formula is C19H15ClF4N4O2. The summed E-state index contributed by atoms with van der Waals surface area (Å²) in [6.45, 7) is 0.796. The van der Waals surface area contributed by atoms with Crippen molar-refractivity contribution >= 4 is 23.2 Å². The van der Waals surface area contributed by atoms with Crippen molar-refractivity contribution in [1.82, 2.24) is 19.9 Å². The van der Waals surface area contributed by atoms with Crippen LogP contribution >= 0.6 is 11.6 Å². The first-order valence-corrected chi connectivity index (χ1v) is 9.44. The van der Waals surface area contributed by atoms with Crippen LogP contribution in [0.15, 0.2) is 30.3 Å². The lowest BCUT2D eigenvalue weighted by molar-refractivity contribution is -0.142. The van der Waals surface area contributed by atoms with Crippen molar-refractivity contribution in [3.8, 4) is 11.3 Å². The van der Waals surface area contributed by atoms with Gasteiger partial charge < -0.3 is 10.1 Å². The number of fused-ring (bicyclic) bond motifs is 1. The van der Waals surface area contributed by atoms with Crippen molar-refractivity contribution in [3.05, 3.63) is 52.6 Å². The molecule has 1 atom stereocenters. The number of carbonyl (C=O) groups is 1. The summed E-state index contributed by atoms with van der Waals surface area (Å²) in [6.07, 6.45) is -3.30. The molecular weight excluding hydrogens is 428 g/mol. The van der Waals surface area contributed by atoms with E-state index in [2.05, 4.69) is 15.4 Å². The molecule has 0 saturated carbocycles. The molecule has 1 unspecified atom stereocenters. The standard InChI is InChI=1S/C19H15ClF4N4O2/c20-15-16(18(29)25-9-12-2-1-7-30-12)27-28-14(19(22,23)24)8-13(26-17(15)28)10-3-5-11(21)6-4-10/h3-6,8,12H,1-2,7,9H2,(H,25,29). The molecule has 3 aromatic rings. The highest BCUT2D eigenvalue weighted by atomic mass is 35.5. The first kappa shape index (κ1) is 20.5. The van der Waals surface area contributed by atoms with Crippen molar-refractivity contribution < 1.29 is 27.1 Å². The number of aromatic nitrogens is 3. The zero-order valence-corrected chi connectivity index (χ0v) is 16.1. The zero-order chi connectivity index (χ0) is 21.5.